The Morgan fingerprint density at radius 1 is 0.971 bits per heavy atom. The lowest BCUT2D eigenvalue weighted by Crippen LogP contribution is -2.41. The van der Waals surface area contributed by atoms with Gasteiger partial charge in [-0.15, -0.1) is 0 Å². The zero-order valence-electron chi connectivity index (χ0n) is 20.6. The average Bonchev–Trinajstić information content (AvgIpc) is 2.82. The van der Waals surface area contributed by atoms with Crippen LogP contribution in [0.1, 0.15) is 43.6 Å². The Morgan fingerprint density at radius 3 is 2.32 bits per heavy atom. The molecular formula is C29H36N2O3. The van der Waals surface area contributed by atoms with E-state index in [0.29, 0.717) is 25.2 Å². The molecule has 0 aromatic heterocycles. The Labute approximate surface area is 203 Å². The van der Waals surface area contributed by atoms with Gasteiger partial charge in [0.25, 0.3) is 0 Å². The van der Waals surface area contributed by atoms with Crippen molar-refractivity contribution in [3.63, 3.8) is 0 Å². The number of hydrogen-bond donors (Lipinski definition) is 2. The van der Waals surface area contributed by atoms with Crippen LogP contribution in [-0.4, -0.2) is 54.3 Å². The molecule has 0 amide bonds. The fourth-order valence-corrected chi connectivity index (χ4v) is 4.16. The Kier molecular flexibility index (Phi) is 9.25. The summed E-state index contributed by atoms with van der Waals surface area (Å²) in [6.07, 6.45) is 2.08. The van der Waals surface area contributed by atoms with E-state index in [1.807, 2.05) is 36.4 Å². The van der Waals surface area contributed by atoms with Gasteiger partial charge in [0.15, 0.2) is 0 Å². The number of ether oxygens (including phenoxy) is 1. The summed E-state index contributed by atoms with van der Waals surface area (Å²) in [5.41, 5.74) is 2.33. The highest BCUT2D eigenvalue weighted by Gasteiger charge is 2.12. The second-order valence-electron chi connectivity index (χ2n) is 9.10. The first-order chi connectivity index (χ1) is 16.3. The number of nitrogens with zero attached hydrogens (tertiary/aromatic N) is 1. The maximum absolute atomic E-state index is 11.2. The maximum atomic E-state index is 11.2. The molecule has 5 heteroatoms. The zero-order valence-corrected chi connectivity index (χ0v) is 20.6. The van der Waals surface area contributed by atoms with E-state index in [0.717, 1.165) is 40.7 Å². The summed E-state index contributed by atoms with van der Waals surface area (Å²) >= 11 is 0. The van der Waals surface area contributed by atoms with E-state index >= 15 is 0 Å². The molecule has 0 aliphatic carbocycles. The quantitative estimate of drug-likeness (QED) is 0.339. The number of carboxylic acids is 1. The van der Waals surface area contributed by atoms with E-state index in [2.05, 4.69) is 62.2 Å². The lowest BCUT2D eigenvalue weighted by molar-refractivity contribution is 0.0697. The van der Waals surface area contributed by atoms with Crippen molar-refractivity contribution < 1.29 is 14.6 Å². The van der Waals surface area contributed by atoms with Crippen molar-refractivity contribution in [1.82, 2.24) is 10.2 Å². The molecule has 0 bridgehead atoms. The van der Waals surface area contributed by atoms with E-state index < -0.39 is 5.97 Å². The van der Waals surface area contributed by atoms with Crippen LogP contribution in [-0.2, 0) is 0 Å². The van der Waals surface area contributed by atoms with Gasteiger partial charge >= 0.3 is 5.97 Å². The summed E-state index contributed by atoms with van der Waals surface area (Å²) in [4.78, 5) is 13.6. The minimum atomic E-state index is -0.920. The first kappa shape index (κ1) is 25.5. The van der Waals surface area contributed by atoms with Crippen LogP contribution < -0.4 is 10.1 Å². The minimum Gasteiger partial charge on any atom is -0.489 e. The molecule has 0 radical (unpaired) electrons. The van der Waals surface area contributed by atoms with Crippen molar-refractivity contribution in [3.05, 3.63) is 83.4 Å². The van der Waals surface area contributed by atoms with E-state index in [-0.39, 0.29) is 5.56 Å². The van der Waals surface area contributed by atoms with Crippen molar-refractivity contribution in [1.29, 1.82) is 0 Å². The standard InChI is InChI=1S/C29H36N2O3/c1-21(2)31(22(3)4)17-16-30-19-24(18-23-12-14-26(15-13-23)29(32)33)20-34-28-11-7-9-25-8-5-6-10-27(25)28/h5-15,18,21-22,30H,16-17,19-20H2,1-4H3,(H,32,33)/b24-18+. The number of carbonyl (C=O) groups is 1. The molecular weight excluding hydrogens is 424 g/mol. The van der Waals surface area contributed by atoms with Crippen molar-refractivity contribution >= 4 is 22.8 Å². The molecule has 3 aromatic rings. The minimum absolute atomic E-state index is 0.284. The zero-order chi connectivity index (χ0) is 24.5. The van der Waals surface area contributed by atoms with Gasteiger partial charge in [-0.3, -0.25) is 4.90 Å². The van der Waals surface area contributed by atoms with Gasteiger partial charge in [0, 0.05) is 37.1 Å². The number of aromatic carboxylic acids is 1. The molecule has 0 saturated carbocycles. The van der Waals surface area contributed by atoms with Crippen LogP contribution >= 0.6 is 0 Å². The van der Waals surface area contributed by atoms with E-state index in [1.54, 1.807) is 12.1 Å². The smallest absolute Gasteiger partial charge is 0.335 e. The summed E-state index contributed by atoms with van der Waals surface area (Å²) in [5.74, 6) is -0.0624. The second-order valence-corrected chi connectivity index (χ2v) is 9.10. The van der Waals surface area contributed by atoms with Crippen LogP contribution in [0.5, 0.6) is 5.75 Å². The van der Waals surface area contributed by atoms with E-state index in [1.165, 1.54) is 0 Å². The van der Waals surface area contributed by atoms with Crippen LogP contribution in [0.2, 0.25) is 0 Å². The van der Waals surface area contributed by atoms with Gasteiger partial charge in [-0.25, -0.2) is 4.79 Å². The highest BCUT2D eigenvalue weighted by Crippen LogP contribution is 2.25. The molecule has 0 aliphatic heterocycles. The third-order valence-electron chi connectivity index (χ3n) is 5.92. The van der Waals surface area contributed by atoms with Gasteiger partial charge in [-0.2, -0.15) is 0 Å². The molecule has 2 N–H and O–H groups in total. The fraction of sp³-hybridized carbons (Fsp3) is 0.345. The van der Waals surface area contributed by atoms with Crippen LogP contribution in [0.25, 0.3) is 16.8 Å². The first-order valence-corrected chi connectivity index (χ1v) is 11.9. The monoisotopic (exact) mass is 460 g/mol. The third-order valence-corrected chi connectivity index (χ3v) is 5.92. The molecule has 0 heterocycles. The van der Waals surface area contributed by atoms with Crippen molar-refractivity contribution in [2.24, 2.45) is 0 Å². The Balaban J connectivity index is 1.72. The highest BCUT2D eigenvalue weighted by molar-refractivity contribution is 5.88. The lowest BCUT2D eigenvalue weighted by Gasteiger charge is -2.30. The van der Waals surface area contributed by atoms with Gasteiger partial charge < -0.3 is 15.2 Å². The van der Waals surface area contributed by atoms with Crippen molar-refractivity contribution in [2.45, 2.75) is 39.8 Å². The van der Waals surface area contributed by atoms with Gasteiger partial charge in [0.1, 0.15) is 12.4 Å². The van der Waals surface area contributed by atoms with E-state index in [9.17, 15) is 9.90 Å². The Morgan fingerprint density at radius 2 is 1.65 bits per heavy atom. The van der Waals surface area contributed by atoms with Gasteiger partial charge in [-0.1, -0.05) is 54.6 Å². The van der Waals surface area contributed by atoms with Crippen LogP contribution in [0.3, 0.4) is 0 Å². The summed E-state index contributed by atoms with van der Waals surface area (Å²) in [7, 11) is 0. The predicted octanol–water partition coefficient (Wildman–Crippen LogP) is 5.71. The van der Waals surface area contributed by atoms with Gasteiger partial charge in [0.2, 0.25) is 0 Å². The Hall–Kier alpha value is -3.15. The number of benzene rings is 3. The first-order valence-electron chi connectivity index (χ1n) is 11.9. The molecule has 5 nitrogen and oxygen atoms in total. The van der Waals surface area contributed by atoms with Crippen LogP contribution in [0.4, 0.5) is 0 Å². The second kappa shape index (κ2) is 12.4. The normalized spacial score (nSPS) is 12.1. The summed E-state index contributed by atoms with van der Waals surface area (Å²) in [6.45, 7) is 11.9. The molecule has 3 aromatic carbocycles. The lowest BCUT2D eigenvalue weighted by atomic mass is 10.1. The molecule has 0 spiro atoms. The average molecular weight is 461 g/mol. The highest BCUT2D eigenvalue weighted by atomic mass is 16.5. The largest absolute Gasteiger partial charge is 0.489 e. The summed E-state index contributed by atoms with van der Waals surface area (Å²) < 4.78 is 6.26. The summed E-state index contributed by atoms with van der Waals surface area (Å²) in [5, 5.41) is 15.0. The van der Waals surface area contributed by atoms with Gasteiger partial charge in [-0.05, 0) is 62.4 Å². The molecule has 3 rings (SSSR count). The van der Waals surface area contributed by atoms with Crippen molar-refractivity contribution in [3.8, 4) is 5.75 Å². The van der Waals surface area contributed by atoms with Crippen LogP contribution in [0.15, 0.2) is 72.3 Å². The molecule has 0 aliphatic rings. The van der Waals surface area contributed by atoms with E-state index in [4.69, 9.17) is 4.74 Å². The molecule has 0 atom stereocenters. The number of nitrogens with one attached hydrogen (secondary N) is 1. The SMILES string of the molecule is CC(C)N(CCNC/C(=C\c1ccc(C(=O)O)cc1)COc1cccc2ccccc12)C(C)C. The fourth-order valence-electron chi connectivity index (χ4n) is 4.16. The Bertz CT molecular complexity index is 1090. The molecule has 34 heavy (non-hydrogen) atoms. The van der Waals surface area contributed by atoms with Gasteiger partial charge in [0.05, 0.1) is 5.56 Å². The molecule has 0 unspecified atom stereocenters. The number of rotatable bonds is 12. The third kappa shape index (κ3) is 7.17. The van der Waals surface area contributed by atoms with Crippen molar-refractivity contribution in [2.75, 3.05) is 26.2 Å². The topological polar surface area (TPSA) is 61.8 Å². The predicted molar refractivity (Wildman–Crippen MR) is 141 cm³/mol. The number of fused-ring (bicyclic) bond motifs is 1. The molecule has 0 saturated heterocycles. The maximum Gasteiger partial charge on any atom is 0.335 e. The molecule has 180 valence electrons. The summed E-state index contributed by atoms with van der Waals surface area (Å²) in [6, 6.07) is 22.2. The number of carboxylic acid groups (broad SMARTS) is 1. The molecule has 0 fully saturated rings. The number of hydrogen-bond acceptors (Lipinski definition) is 4. The van der Waals surface area contributed by atoms with Crippen LogP contribution in [0, 0.1) is 0 Å².